The van der Waals surface area contributed by atoms with E-state index in [9.17, 15) is 14.7 Å². The molecule has 8 heteroatoms. The molecular weight excluding hydrogens is 378 g/mol. The molecule has 5 nitrogen and oxygen atoms in total. The summed E-state index contributed by atoms with van der Waals surface area (Å²) in [5.74, 6) is -1.22. The molecule has 21 heavy (non-hydrogen) atoms. The van der Waals surface area contributed by atoms with Crippen LogP contribution in [0.15, 0.2) is 26.1 Å². The SMILES string of the molecule is CC(C)[C@H](C(=O)O)N1C(=O)/C(=C\c2ccc(Br)o2)SC1=S. The Morgan fingerprint density at radius 3 is 2.67 bits per heavy atom. The van der Waals surface area contributed by atoms with E-state index in [0.29, 0.717) is 15.3 Å². The number of aliphatic carboxylic acids is 1. The van der Waals surface area contributed by atoms with E-state index in [1.54, 1.807) is 32.1 Å². The summed E-state index contributed by atoms with van der Waals surface area (Å²) in [6, 6.07) is 2.45. The molecule has 1 N–H and O–H groups in total. The minimum Gasteiger partial charge on any atom is -0.480 e. The van der Waals surface area contributed by atoms with E-state index >= 15 is 0 Å². The molecule has 0 saturated carbocycles. The number of hydrogen-bond acceptors (Lipinski definition) is 5. The number of carbonyl (C=O) groups is 2. The van der Waals surface area contributed by atoms with Crippen molar-refractivity contribution < 1.29 is 19.1 Å². The molecule has 0 bridgehead atoms. The highest BCUT2D eigenvalue weighted by Gasteiger charge is 2.41. The Bertz CT molecular complexity index is 638. The number of hydrogen-bond donors (Lipinski definition) is 1. The van der Waals surface area contributed by atoms with Gasteiger partial charge in [0.1, 0.15) is 16.1 Å². The second-order valence-corrected chi connectivity index (χ2v) is 7.18. The number of thiocarbonyl (C=S) groups is 1. The number of thioether (sulfide) groups is 1. The fraction of sp³-hybridized carbons (Fsp3) is 0.308. The van der Waals surface area contributed by atoms with Crippen molar-refractivity contribution in [3.63, 3.8) is 0 Å². The Morgan fingerprint density at radius 1 is 1.52 bits per heavy atom. The molecule has 0 radical (unpaired) electrons. The maximum Gasteiger partial charge on any atom is 0.327 e. The van der Waals surface area contributed by atoms with E-state index in [2.05, 4.69) is 15.9 Å². The van der Waals surface area contributed by atoms with Crippen LogP contribution in [0.2, 0.25) is 0 Å². The first-order valence-corrected chi connectivity index (χ1v) is 8.08. The van der Waals surface area contributed by atoms with E-state index < -0.39 is 17.9 Å². The van der Waals surface area contributed by atoms with Crippen molar-refractivity contribution in [1.29, 1.82) is 0 Å². The predicted octanol–water partition coefficient (Wildman–Crippen LogP) is 3.35. The lowest BCUT2D eigenvalue weighted by atomic mass is 10.0. The molecule has 1 aromatic heterocycles. The first-order valence-electron chi connectivity index (χ1n) is 6.06. The molecule has 112 valence electrons. The topological polar surface area (TPSA) is 70.8 Å². The van der Waals surface area contributed by atoms with Gasteiger partial charge in [-0.1, -0.05) is 37.8 Å². The summed E-state index contributed by atoms with van der Waals surface area (Å²) in [5.41, 5.74) is 0. The van der Waals surface area contributed by atoms with Gasteiger partial charge < -0.3 is 9.52 Å². The molecule has 1 aromatic rings. The van der Waals surface area contributed by atoms with Crippen LogP contribution in [-0.2, 0) is 9.59 Å². The van der Waals surface area contributed by atoms with Gasteiger partial charge in [0, 0.05) is 6.08 Å². The molecule has 2 rings (SSSR count). The van der Waals surface area contributed by atoms with Crippen molar-refractivity contribution in [2.45, 2.75) is 19.9 Å². The summed E-state index contributed by atoms with van der Waals surface area (Å²) in [5, 5.41) is 9.31. The van der Waals surface area contributed by atoms with E-state index in [1.165, 1.54) is 0 Å². The van der Waals surface area contributed by atoms with Crippen LogP contribution >= 0.6 is 39.9 Å². The molecule has 1 fully saturated rings. The molecule has 0 aromatic carbocycles. The summed E-state index contributed by atoms with van der Waals surface area (Å²) in [6.07, 6.45) is 1.56. The van der Waals surface area contributed by atoms with Gasteiger partial charge in [0.05, 0.1) is 4.91 Å². The molecule has 0 unspecified atom stereocenters. The standard InChI is InChI=1S/C13H12BrNO4S2/c1-6(2)10(12(17)18)15-11(16)8(21-13(15)20)5-7-3-4-9(14)19-7/h3-6,10H,1-2H3,(H,17,18)/b8-5+/t10-/m1/s1. The zero-order valence-corrected chi connectivity index (χ0v) is 14.4. The highest BCUT2D eigenvalue weighted by atomic mass is 79.9. The number of rotatable bonds is 4. The van der Waals surface area contributed by atoms with E-state index in [4.69, 9.17) is 16.6 Å². The number of halogens is 1. The van der Waals surface area contributed by atoms with Gasteiger partial charge in [-0.25, -0.2) is 4.79 Å². The zero-order chi connectivity index (χ0) is 15.7. The first-order chi connectivity index (χ1) is 9.81. The second kappa shape index (κ2) is 6.33. The molecule has 0 spiro atoms. The quantitative estimate of drug-likeness (QED) is 0.628. The van der Waals surface area contributed by atoms with Crippen molar-refractivity contribution in [2.24, 2.45) is 5.92 Å². The smallest absolute Gasteiger partial charge is 0.327 e. The maximum absolute atomic E-state index is 12.4. The molecule has 1 atom stereocenters. The number of nitrogens with zero attached hydrogens (tertiary/aromatic N) is 1. The van der Waals surface area contributed by atoms with Gasteiger partial charge in [0.15, 0.2) is 4.67 Å². The number of carboxylic acids is 1. The van der Waals surface area contributed by atoms with Crippen LogP contribution in [0, 0.1) is 5.92 Å². The van der Waals surface area contributed by atoms with Crippen molar-refractivity contribution >= 4 is 62.2 Å². The lowest BCUT2D eigenvalue weighted by Gasteiger charge is -2.26. The Hall–Kier alpha value is -1.12. The van der Waals surface area contributed by atoms with Crippen LogP contribution < -0.4 is 0 Å². The molecule has 1 aliphatic heterocycles. The molecule has 2 heterocycles. The number of carboxylic acid groups (broad SMARTS) is 1. The summed E-state index contributed by atoms with van der Waals surface area (Å²) in [4.78, 5) is 25.3. The van der Waals surface area contributed by atoms with Crippen molar-refractivity contribution in [3.8, 4) is 0 Å². The summed E-state index contributed by atoms with van der Waals surface area (Å²) in [6.45, 7) is 3.48. The lowest BCUT2D eigenvalue weighted by molar-refractivity contribution is -0.146. The molecule has 1 aliphatic rings. The fourth-order valence-corrected chi connectivity index (χ4v) is 3.58. The van der Waals surface area contributed by atoms with Crippen LogP contribution in [0.3, 0.4) is 0 Å². The van der Waals surface area contributed by atoms with Crippen molar-refractivity contribution in [1.82, 2.24) is 4.90 Å². The molecule has 0 aliphatic carbocycles. The largest absolute Gasteiger partial charge is 0.480 e. The number of amides is 1. The lowest BCUT2D eigenvalue weighted by Crippen LogP contribution is -2.47. The third-order valence-corrected chi connectivity index (χ3v) is 4.61. The van der Waals surface area contributed by atoms with E-state index in [0.717, 1.165) is 16.7 Å². The van der Waals surface area contributed by atoms with Gasteiger partial charge in [-0.3, -0.25) is 9.69 Å². The third kappa shape index (κ3) is 3.38. The summed E-state index contributed by atoms with van der Waals surface area (Å²) >= 11 is 9.41. The van der Waals surface area contributed by atoms with Crippen LogP contribution in [-0.4, -0.2) is 32.2 Å². The minimum absolute atomic E-state index is 0.248. The maximum atomic E-state index is 12.4. The number of furan rings is 1. The van der Waals surface area contributed by atoms with Gasteiger partial charge in [0.25, 0.3) is 5.91 Å². The Kier molecular flexibility index (Phi) is 4.90. The molecule has 1 amide bonds. The summed E-state index contributed by atoms with van der Waals surface area (Å²) < 4.78 is 6.12. The Balaban J connectivity index is 2.32. The average molecular weight is 390 g/mol. The molecular formula is C13H12BrNO4S2. The average Bonchev–Trinajstić information content (AvgIpc) is 2.88. The fourth-order valence-electron chi connectivity index (χ4n) is 1.95. The number of carbonyl (C=O) groups excluding carboxylic acids is 1. The van der Waals surface area contributed by atoms with Crippen LogP contribution in [0.5, 0.6) is 0 Å². The zero-order valence-electron chi connectivity index (χ0n) is 11.2. The summed E-state index contributed by atoms with van der Waals surface area (Å²) in [7, 11) is 0. The van der Waals surface area contributed by atoms with Gasteiger partial charge in [-0.05, 0) is 34.0 Å². The Labute approximate surface area is 139 Å². The van der Waals surface area contributed by atoms with E-state index in [-0.39, 0.29) is 10.2 Å². The third-order valence-electron chi connectivity index (χ3n) is 2.85. The first kappa shape index (κ1) is 16.3. The van der Waals surface area contributed by atoms with Gasteiger partial charge in [0.2, 0.25) is 0 Å². The van der Waals surface area contributed by atoms with Crippen LogP contribution in [0.1, 0.15) is 19.6 Å². The van der Waals surface area contributed by atoms with Crippen molar-refractivity contribution in [3.05, 3.63) is 27.5 Å². The predicted molar refractivity (Wildman–Crippen MR) is 87.7 cm³/mol. The van der Waals surface area contributed by atoms with Crippen molar-refractivity contribution in [2.75, 3.05) is 0 Å². The minimum atomic E-state index is -1.07. The van der Waals surface area contributed by atoms with E-state index in [1.807, 2.05) is 0 Å². The second-order valence-electron chi connectivity index (χ2n) is 4.72. The van der Waals surface area contributed by atoms with Gasteiger partial charge in [-0.2, -0.15) is 0 Å². The Morgan fingerprint density at radius 2 is 2.19 bits per heavy atom. The highest BCUT2D eigenvalue weighted by Crippen LogP contribution is 2.35. The van der Waals surface area contributed by atoms with Gasteiger partial charge in [-0.15, -0.1) is 0 Å². The van der Waals surface area contributed by atoms with Crippen LogP contribution in [0.4, 0.5) is 0 Å². The monoisotopic (exact) mass is 389 g/mol. The normalized spacial score (nSPS) is 18.9. The molecule has 1 saturated heterocycles. The highest BCUT2D eigenvalue weighted by molar-refractivity contribution is 9.10. The van der Waals surface area contributed by atoms with Gasteiger partial charge >= 0.3 is 5.97 Å². The van der Waals surface area contributed by atoms with Crippen LogP contribution in [0.25, 0.3) is 6.08 Å².